The highest BCUT2D eigenvalue weighted by Gasteiger charge is 2.28. The fraction of sp³-hybridized carbons (Fsp3) is 0.714. The van der Waals surface area contributed by atoms with Gasteiger partial charge < -0.3 is 15.5 Å². The zero-order valence-corrected chi connectivity index (χ0v) is 12.6. The Hall–Kier alpha value is -1.36. The Morgan fingerprint density at radius 2 is 1.89 bits per heavy atom. The minimum absolute atomic E-state index is 0.361. The van der Waals surface area contributed by atoms with Crippen LogP contribution in [0.25, 0.3) is 0 Å². The van der Waals surface area contributed by atoms with Crippen molar-refractivity contribution in [3.05, 3.63) is 11.4 Å². The van der Waals surface area contributed by atoms with Gasteiger partial charge in [0.1, 0.15) is 17.5 Å². The Morgan fingerprint density at radius 3 is 2.42 bits per heavy atom. The van der Waals surface area contributed by atoms with E-state index in [1.165, 1.54) is 12.8 Å². The molecule has 0 amide bonds. The molecule has 5 heteroatoms. The first-order valence-electron chi connectivity index (χ1n) is 6.98. The Morgan fingerprint density at radius 1 is 1.26 bits per heavy atom. The molecule has 0 aliphatic heterocycles. The third-order valence-corrected chi connectivity index (χ3v) is 3.36. The summed E-state index contributed by atoms with van der Waals surface area (Å²) in [6.07, 6.45) is 2.44. The molecule has 0 bridgehead atoms. The van der Waals surface area contributed by atoms with E-state index in [1.54, 1.807) is 0 Å². The summed E-state index contributed by atoms with van der Waals surface area (Å²) in [5, 5.41) is 6.68. The average molecular weight is 263 g/mol. The van der Waals surface area contributed by atoms with Gasteiger partial charge in [0.25, 0.3) is 0 Å². The lowest BCUT2D eigenvalue weighted by molar-refractivity contribution is 0.391. The number of anilines is 2. The van der Waals surface area contributed by atoms with Gasteiger partial charge in [-0.25, -0.2) is 9.97 Å². The van der Waals surface area contributed by atoms with Crippen molar-refractivity contribution in [3.63, 3.8) is 0 Å². The van der Waals surface area contributed by atoms with Crippen LogP contribution in [0.5, 0.6) is 0 Å². The molecule has 1 saturated carbocycles. The normalized spacial score (nSPS) is 16.5. The van der Waals surface area contributed by atoms with E-state index in [9.17, 15) is 0 Å². The second-order valence-corrected chi connectivity index (χ2v) is 5.74. The predicted octanol–water partition coefficient (Wildman–Crippen LogP) is 2.07. The van der Waals surface area contributed by atoms with E-state index in [1.807, 2.05) is 7.05 Å². The minimum Gasteiger partial charge on any atom is -0.373 e. The van der Waals surface area contributed by atoms with Crippen molar-refractivity contribution in [2.24, 2.45) is 0 Å². The molecule has 1 aliphatic rings. The standard InChI is InChI=1S/C14H25N5/c1-9(8-19(4)5)16-13-10(2)12(15-3)17-14(18-13)11-6-7-11/h9,11H,6-8H2,1-5H3,(H2,15,16,17,18). The molecule has 0 radical (unpaired) electrons. The van der Waals surface area contributed by atoms with Gasteiger partial charge in [-0.05, 0) is 40.8 Å². The Balaban J connectivity index is 2.20. The van der Waals surface area contributed by atoms with Crippen LogP contribution in [0.1, 0.15) is 37.1 Å². The number of likely N-dealkylation sites (N-methyl/N-ethyl adjacent to an activating group) is 1. The third kappa shape index (κ3) is 3.56. The van der Waals surface area contributed by atoms with Gasteiger partial charge >= 0.3 is 0 Å². The van der Waals surface area contributed by atoms with Gasteiger partial charge in [0, 0.05) is 31.1 Å². The summed E-state index contributed by atoms with van der Waals surface area (Å²) in [4.78, 5) is 11.5. The van der Waals surface area contributed by atoms with Crippen LogP contribution in [0, 0.1) is 6.92 Å². The van der Waals surface area contributed by atoms with E-state index in [0.717, 1.165) is 29.6 Å². The molecule has 1 aromatic heterocycles. The summed E-state index contributed by atoms with van der Waals surface area (Å²) < 4.78 is 0. The van der Waals surface area contributed by atoms with E-state index in [2.05, 4.69) is 48.5 Å². The summed E-state index contributed by atoms with van der Waals surface area (Å²) in [5.41, 5.74) is 1.09. The molecule has 0 saturated heterocycles. The minimum atomic E-state index is 0.361. The maximum atomic E-state index is 4.71. The van der Waals surface area contributed by atoms with E-state index < -0.39 is 0 Å². The summed E-state index contributed by atoms with van der Waals surface area (Å²) in [6.45, 7) is 5.22. The highest BCUT2D eigenvalue weighted by atomic mass is 15.1. The molecule has 1 aromatic rings. The zero-order chi connectivity index (χ0) is 14.0. The zero-order valence-electron chi connectivity index (χ0n) is 12.6. The van der Waals surface area contributed by atoms with Gasteiger partial charge in [-0.15, -0.1) is 0 Å². The van der Waals surface area contributed by atoms with Crippen molar-refractivity contribution in [1.82, 2.24) is 14.9 Å². The maximum absolute atomic E-state index is 4.71. The molecule has 1 atom stereocenters. The quantitative estimate of drug-likeness (QED) is 0.823. The molecule has 2 N–H and O–H groups in total. The van der Waals surface area contributed by atoms with Crippen molar-refractivity contribution in [2.75, 3.05) is 38.3 Å². The van der Waals surface area contributed by atoms with Gasteiger partial charge in [-0.3, -0.25) is 0 Å². The van der Waals surface area contributed by atoms with Crippen LogP contribution in [0.4, 0.5) is 11.6 Å². The van der Waals surface area contributed by atoms with Crippen molar-refractivity contribution < 1.29 is 0 Å². The first kappa shape index (κ1) is 14.1. The number of aromatic nitrogens is 2. The SMILES string of the molecule is CNc1nc(C2CC2)nc(NC(C)CN(C)C)c1C. The van der Waals surface area contributed by atoms with Gasteiger partial charge in [-0.2, -0.15) is 0 Å². The Kier molecular flexibility index (Phi) is 4.24. The summed E-state index contributed by atoms with van der Waals surface area (Å²) in [6, 6.07) is 0.361. The molecule has 106 valence electrons. The monoisotopic (exact) mass is 263 g/mol. The lowest BCUT2D eigenvalue weighted by atomic mass is 10.2. The molecule has 5 nitrogen and oxygen atoms in total. The molecule has 0 spiro atoms. The lowest BCUT2D eigenvalue weighted by Gasteiger charge is -2.21. The van der Waals surface area contributed by atoms with E-state index in [4.69, 9.17) is 4.98 Å². The maximum Gasteiger partial charge on any atom is 0.136 e. The first-order valence-corrected chi connectivity index (χ1v) is 6.98. The second kappa shape index (κ2) is 5.74. The fourth-order valence-corrected chi connectivity index (χ4v) is 2.27. The highest BCUT2D eigenvalue weighted by Crippen LogP contribution is 2.39. The third-order valence-electron chi connectivity index (χ3n) is 3.36. The van der Waals surface area contributed by atoms with Gasteiger partial charge in [-0.1, -0.05) is 0 Å². The summed E-state index contributed by atoms with van der Waals surface area (Å²) in [5.74, 6) is 3.46. The van der Waals surface area contributed by atoms with Gasteiger partial charge in [0.15, 0.2) is 0 Å². The van der Waals surface area contributed by atoms with E-state index in [-0.39, 0.29) is 0 Å². The smallest absolute Gasteiger partial charge is 0.136 e. The summed E-state index contributed by atoms with van der Waals surface area (Å²) in [7, 11) is 6.08. The van der Waals surface area contributed by atoms with Gasteiger partial charge in [0.05, 0.1) is 0 Å². The van der Waals surface area contributed by atoms with E-state index >= 15 is 0 Å². The molecule has 1 aliphatic carbocycles. The summed E-state index contributed by atoms with van der Waals surface area (Å²) >= 11 is 0. The molecule has 19 heavy (non-hydrogen) atoms. The van der Waals surface area contributed by atoms with Crippen molar-refractivity contribution in [2.45, 2.75) is 38.6 Å². The molecular weight excluding hydrogens is 238 g/mol. The number of nitrogens with one attached hydrogen (secondary N) is 2. The van der Waals surface area contributed by atoms with Crippen LogP contribution in [0.3, 0.4) is 0 Å². The largest absolute Gasteiger partial charge is 0.373 e. The highest BCUT2D eigenvalue weighted by molar-refractivity contribution is 5.57. The predicted molar refractivity (Wildman–Crippen MR) is 79.9 cm³/mol. The van der Waals surface area contributed by atoms with Gasteiger partial charge in [0.2, 0.25) is 0 Å². The average Bonchev–Trinajstić information content (AvgIpc) is 3.14. The number of rotatable bonds is 6. The first-order chi connectivity index (χ1) is 9.01. The number of nitrogens with zero attached hydrogens (tertiary/aromatic N) is 3. The molecular formula is C14H25N5. The topological polar surface area (TPSA) is 53.1 Å². The van der Waals surface area contributed by atoms with Crippen LogP contribution in [0.15, 0.2) is 0 Å². The van der Waals surface area contributed by atoms with Crippen LogP contribution >= 0.6 is 0 Å². The van der Waals surface area contributed by atoms with Crippen molar-refractivity contribution >= 4 is 11.6 Å². The van der Waals surface area contributed by atoms with E-state index in [0.29, 0.717) is 12.0 Å². The van der Waals surface area contributed by atoms with Crippen LogP contribution in [0.2, 0.25) is 0 Å². The molecule has 1 unspecified atom stereocenters. The molecule has 2 rings (SSSR count). The Labute approximate surface area is 115 Å². The van der Waals surface area contributed by atoms with Crippen molar-refractivity contribution in [3.8, 4) is 0 Å². The lowest BCUT2D eigenvalue weighted by Crippen LogP contribution is -2.30. The van der Waals surface area contributed by atoms with Crippen LogP contribution in [-0.2, 0) is 0 Å². The molecule has 1 fully saturated rings. The fourth-order valence-electron chi connectivity index (χ4n) is 2.27. The second-order valence-electron chi connectivity index (χ2n) is 5.74. The van der Waals surface area contributed by atoms with Crippen LogP contribution < -0.4 is 10.6 Å². The number of hydrogen-bond acceptors (Lipinski definition) is 5. The van der Waals surface area contributed by atoms with Crippen molar-refractivity contribution in [1.29, 1.82) is 0 Å². The molecule has 0 aromatic carbocycles. The number of hydrogen-bond donors (Lipinski definition) is 2. The van der Waals surface area contributed by atoms with Crippen LogP contribution in [-0.4, -0.2) is 48.6 Å². The Bertz CT molecular complexity index is 440. The molecule has 1 heterocycles.